The summed E-state index contributed by atoms with van der Waals surface area (Å²) in [5.41, 5.74) is 0.856. The molecule has 0 atom stereocenters. The second-order valence-corrected chi connectivity index (χ2v) is 4.70. The Kier molecular flexibility index (Phi) is 6.11. The van der Waals surface area contributed by atoms with E-state index in [2.05, 4.69) is 5.16 Å². The average Bonchev–Trinajstić information content (AvgIpc) is 2.88. The number of aryl methyl sites for hydroxylation is 1. The third-order valence-corrected chi connectivity index (χ3v) is 2.87. The van der Waals surface area contributed by atoms with Gasteiger partial charge >= 0.3 is 0 Å². The smallest absolute Gasteiger partial charge is 0.134 e. The second-order valence-electron chi connectivity index (χ2n) is 4.70. The number of ether oxygens (including phenoxy) is 2. The van der Waals surface area contributed by atoms with Gasteiger partial charge in [-0.15, -0.1) is 0 Å². The first-order valence-corrected chi connectivity index (χ1v) is 7.02. The number of hydrogen-bond acceptors (Lipinski definition) is 4. The van der Waals surface area contributed by atoms with E-state index in [0.29, 0.717) is 6.61 Å². The van der Waals surface area contributed by atoms with Crippen molar-refractivity contribution in [3.05, 3.63) is 47.9 Å². The number of aromatic nitrogens is 1. The normalized spacial score (nSPS) is 10.7. The summed E-state index contributed by atoms with van der Waals surface area (Å²) in [6, 6.07) is 11.8. The maximum atomic E-state index is 5.62. The Labute approximate surface area is 119 Å². The van der Waals surface area contributed by atoms with Gasteiger partial charge < -0.3 is 14.0 Å². The first-order chi connectivity index (χ1) is 9.84. The quantitative estimate of drug-likeness (QED) is 0.654. The molecule has 0 bridgehead atoms. The Morgan fingerprint density at radius 1 is 1.05 bits per heavy atom. The van der Waals surface area contributed by atoms with Crippen molar-refractivity contribution in [2.75, 3.05) is 13.2 Å². The van der Waals surface area contributed by atoms with E-state index in [1.807, 2.05) is 43.3 Å². The van der Waals surface area contributed by atoms with Crippen LogP contribution < -0.4 is 4.74 Å². The lowest BCUT2D eigenvalue weighted by atomic mass is 10.2. The fraction of sp³-hybridized carbons (Fsp3) is 0.438. The van der Waals surface area contributed by atoms with Gasteiger partial charge in [0.2, 0.25) is 0 Å². The minimum atomic E-state index is 0.526. The Morgan fingerprint density at radius 3 is 2.60 bits per heavy atom. The third kappa shape index (κ3) is 5.45. The van der Waals surface area contributed by atoms with Crippen LogP contribution in [0.25, 0.3) is 0 Å². The molecule has 2 aromatic rings. The fourth-order valence-electron chi connectivity index (χ4n) is 1.85. The van der Waals surface area contributed by atoms with E-state index in [0.717, 1.165) is 49.7 Å². The standard InChI is InChI=1S/C16H21NO3/c1-14-12-15(17-20-14)13-18-10-6-3-7-11-19-16-8-4-2-5-9-16/h2,4-5,8-9,12H,3,6-7,10-11,13H2,1H3. The maximum Gasteiger partial charge on any atom is 0.134 e. The van der Waals surface area contributed by atoms with Gasteiger partial charge in [0.1, 0.15) is 17.2 Å². The van der Waals surface area contributed by atoms with Crippen molar-refractivity contribution in [1.29, 1.82) is 0 Å². The molecule has 0 spiro atoms. The van der Waals surface area contributed by atoms with Gasteiger partial charge in [0.25, 0.3) is 0 Å². The second kappa shape index (κ2) is 8.38. The summed E-state index contributed by atoms with van der Waals surface area (Å²) in [6.45, 7) is 3.91. The van der Waals surface area contributed by atoms with Crippen LogP contribution in [0.15, 0.2) is 40.9 Å². The zero-order chi connectivity index (χ0) is 14.0. The molecule has 0 N–H and O–H groups in total. The summed E-state index contributed by atoms with van der Waals surface area (Å²) in [6.07, 6.45) is 3.18. The van der Waals surface area contributed by atoms with E-state index in [1.165, 1.54) is 0 Å². The van der Waals surface area contributed by atoms with Crippen LogP contribution in [0.1, 0.15) is 30.7 Å². The van der Waals surface area contributed by atoms with Crippen LogP contribution in [0.3, 0.4) is 0 Å². The molecule has 1 aromatic carbocycles. The van der Waals surface area contributed by atoms with Crippen molar-refractivity contribution in [2.45, 2.75) is 32.8 Å². The van der Waals surface area contributed by atoms with E-state index in [1.54, 1.807) is 0 Å². The summed E-state index contributed by atoms with van der Waals surface area (Å²) in [7, 11) is 0. The highest BCUT2D eigenvalue weighted by atomic mass is 16.5. The fourth-order valence-corrected chi connectivity index (χ4v) is 1.85. The Balaban J connectivity index is 1.44. The molecule has 0 saturated heterocycles. The lowest BCUT2D eigenvalue weighted by Gasteiger charge is -2.05. The molecule has 4 heteroatoms. The van der Waals surface area contributed by atoms with Crippen LogP contribution in [-0.4, -0.2) is 18.4 Å². The predicted molar refractivity (Wildman–Crippen MR) is 76.7 cm³/mol. The molecule has 0 aliphatic carbocycles. The Bertz CT molecular complexity index is 481. The molecule has 20 heavy (non-hydrogen) atoms. The van der Waals surface area contributed by atoms with Crippen molar-refractivity contribution in [2.24, 2.45) is 0 Å². The lowest BCUT2D eigenvalue weighted by Crippen LogP contribution is -1.99. The average molecular weight is 275 g/mol. The van der Waals surface area contributed by atoms with Gasteiger partial charge in [-0.1, -0.05) is 23.4 Å². The molecule has 2 rings (SSSR count). The van der Waals surface area contributed by atoms with Gasteiger partial charge in [-0.25, -0.2) is 0 Å². The van der Waals surface area contributed by atoms with Gasteiger partial charge in [0.15, 0.2) is 0 Å². The number of hydrogen-bond donors (Lipinski definition) is 0. The molecule has 0 unspecified atom stereocenters. The zero-order valence-electron chi connectivity index (χ0n) is 11.9. The monoisotopic (exact) mass is 275 g/mol. The number of unbranched alkanes of at least 4 members (excludes halogenated alkanes) is 2. The van der Waals surface area contributed by atoms with E-state index in [9.17, 15) is 0 Å². The molecule has 0 saturated carbocycles. The molecule has 0 aliphatic rings. The van der Waals surface area contributed by atoms with Crippen molar-refractivity contribution in [1.82, 2.24) is 5.16 Å². The highest BCUT2D eigenvalue weighted by Crippen LogP contribution is 2.09. The molecule has 108 valence electrons. The highest BCUT2D eigenvalue weighted by Gasteiger charge is 1.99. The van der Waals surface area contributed by atoms with Crippen LogP contribution in [0.4, 0.5) is 0 Å². The summed E-state index contributed by atoms with van der Waals surface area (Å²) < 4.78 is 16.1. The van der Waals surface area contributed by atoms with Crippen molar-refractivity contribution >= 4 is 0 Å². The van der Waals surface area contributed by atoms with Crippen LogP contribution in [0.5, 0.6) is 5.75 Å². The molecule has 0 fully saturated rings. The number of nitrogens with zero attached hydrogens (tertiary/aromatic N) is 1. The molecule has 1 heterocycles. The number of para-hydroxylation sites is 1. The zero-order valence-corrected chi connectivity index (χ0v) is 11.9. The van der Waals surface area contributed by atoms with Gasteiger partial charge in [-0.2, -0.15) is 0 Å². The van der Waals surface area contributed by atoms with E-state index in [-0.39, 0.29) is 0 Å². The van der Waals surface area contributed by atoms with Gasteiger partial charge in [0, 0.05) is 12.7 Å². The van der Waals surface area contributed by atoms with Gasteiger partial charge in [0.05, 0.1) is 13.2 Å². The van der Waals surface area contributed by atoms with E-state index in [4.69, 9.17) is 14.0 Å². The largest absolute Gasteiger partial charge is 0.494 e. The number of rotatable bonds is 9. The minimum absolute atomic E-state index is 0.526. The highest BCUT2D eigenvalue weighted by molar-refractivity contribution is 5.20. The van der Waals surface area contributed by atoms with Crippen LogP contribution >= 0.6 is 0 Å². The van der Waals surface area contributed by atoms with Crippen molar-refractivity contribution < 1.29 is 14.0 Å². The molecule has 4 nitrogen and oxygen atoms in total. The molecular formula is C16H21NO3. The van der Waals surface area contributed by atoms with Gasteiger partial charge in [-0.05, 0) is 38.3 Å². The van der Waals surface area contributed by atoms with Crippen LogP contribution in [0, 0.1) is 6.92 Å². The first-order valence-electron chi connectivity index (χ1n) is 7.02. The van der Waals surface area contributed by atoms with Gasteiger partial charge in [-0.3, -0.25) is 0 Å². The lowest BCUT2D eigenvalue weighted by molar-refractivity contribution is 0.111. The van der Waals surface area contributed by atoms with Crippen molar-refractivity contribution in [3.8, 4) is 5.75 Å². The van der Waals surface area contributed by atoms with Crippen LogP contribution in [-0.2, 0) is 11.3 Å². The summed E-state index contributed by atoms with van der Waals surface area (Å²) in [5, 5.41) is 3.88. The van der Waals surface area contributed by atoms with E-state index < -0.39 is 0 Å². The van der Waals surface area contributed by atoms with E-state index >= 15 is 0 Å². The summed E-state index contributed by atoms with van der Waals surface area (Å²) >= 11 is 0. The summed E-state index contributed by atoms with van der Waals surface area (Å²) in [4.78, 5) is 0. The van der Waals surface area contributed by atoms with Crippen molar-refractivity contribution in [3.63, 3.8) is 0 Å². The predicted octanol–water partition coefficient (Wildman–Crippen LogP) is 3.75. The molecule has 1 aromatic heterocycles. The summed E-state index contributed by atoms with van der Waals surface area (Å²) in [5.74, 6) is 1.76. The first kappa shape index (κ1) is 14.6. The topological polar surface area (TPSA) is 44.5 Å². The number of benzene rings is 1. The minimum Gasteiger partial charge on any atom is -0.494 e. The SMILES string of the molecule is Cc1cc(COCCCCCOc2ccccc2)no1. The third-order valence-electron chi connectivity index (χ3n) is 2.87. The van der Waals surface area contributed by atoms with Crippen LogP contribution in [0.2, 0.25) is 0 Å². The molecule has 0 aliphatic heterocycles. The molecule has 0 radical (unpaired) electrons. The molecule has 0 amide bonds. The molecular weight excluding hydrogens is 254 g/mol. The Hall–Kier alpha value is -1.81. The maximum absolute atomic E-state index is 5.62. The Morgan fingerprint density at radius 2 is 1.85 bits per heavy atom.